The summed E-state index contributed by atoms with van der Waals surface area (Å²) in [6, 6.07) is 21.1. The van der Waals surface area contributed by atoms with E-state index in [9.17, 15) is 0 Å². The molecule has 1 heterocycles. The Morgan fingerprint density at radius 3 is 2.38 bits per heavy atom. The van der Waals surface area contributed by atoms with Gasteiger partial charge in [0.25, 0.3) is 0 Å². The quantitative estimate of drug-likeness (QED) is 0.577. The van der Waals surface area contributed by atoms with Crippen LogP contribution in [0.25, 0.3) is 0 Å². The summed E-state index contributed by atoms with van der Waals surface area (Å²) in [5.74, 6) is 1.48. The summed E-state index contributed by atoms with van der Waals surface area (Å²) in [5, 5.41) is 11.3. The highest BCUT2D eigenvalue weighted by Gasteiger charge is 2.02. The summed E-state index contributed by atoms with van der Waals surface area (Å²) in [6.45, 7) is 0.957. The van der Waals surface area contributed by atoms with Crippen molar-refractivity contribution in [2.45, 2.75) is 6.54 Å². The van der Waals surface area contributed by atoms with Crippen molar-refractivity contribution in [2.24, 2.45) is 10.2 Å². The van der Waals surface area contributed by atoms with Crippen LogP contribution in [0.5, 0.6) is 11.5 Å². The molecule has 0 aliphatic rings. The van der Waals surface area contributed by atoms with E-state index < -0.39 is 0 Å². The van der Waals surface area contributed by atoms with Gasteiger partial charge in [-0.05, 0) is 35.9 Å². The summed E-state index contributed by atoms with van der Waals surface area (Å²) < 4.78 is 11.1. The van der Waals surface area contributed by atoms with Gasteiger partial charge in [0.2, 0.25) is 0 Å². The van der Waals surface area contributed by atoms with Gasteiger partial charge in [0.1, 0.15) is 11.5 Å². The molecule has 3 rings (SSSR count). The molecule has 3 aromatic rings. The second-order valence-corrected chi connectivity index (χ2v) is 5.35. The molecular formula is C20H20N4O2. The monoisotopic (exact) mass is 348 g/mol. The molecule has 1 N–H and O–H groups in total. The van der Waals surface area contributed by atoms with Crippen molar-refractivity contribution < 1.29 is 9.47 Å². The minimum Gasteiger partial charge on any atom is -0.470 e. The predicted octanol–water partition coefficient (Wildman–Crippen LogP) is 4.52. The minimum absolute atomic E-state index is 0.129. The highest BCUT2D eigenvalue weighted by molar-refractivity contribution is 5.56. The first-order chi connectivity index (χ1) is 12.9. The van der Waals surface area contributed by atoms with Gasteiger partial charge in [-0.1, -0.05) is 36.4 Å². The Morgan fingerprint density at radius 2 is 1.58 bits per heavy atom. The molecule has 6 nitrogen and oxygen atoms in total. The Labute approximate surface area is 152 Å². The topological polar surface area (TPSA) is 68.1 Å². The summed E-state index contributed by atoms with van der Waals surface area (Å²) >= 11 is 0. The van der Waals surface area contributed by atoms with Crippen molar-refractivity contribution in [3.63, 3.8) is 0 Å². The molecule has 0 bridgehead atoms. The molecule has 0 spiro atoms. The summed E-state index contributed by atoms with van der Waals surface area (Å²) in [5.41, 5.74) is 1.99. The molecule has 0 atom stereocenters. The van der Waals surface area contributed by atoms with Gasteiger partial charge in [-0.2, -0.15) is 0 Å². The lowest BCUT2D eigenvalue weighted by atomic mass is 10.2. The number of azo groups is 1. The lowest BCUT2D eigenvalue weighted by Gasteiger charge is -2.11. The van der Waals surface area contributed by atoms with Gasteiger partial charge in [0.05, 0.1) is 5.69 Å². The van der Waals surface area contributed by atoms with Gasteiger partial charge < -0.3 is 14.8 Å². The molecule has 0 saturated carbocycles. The highest BCUT2D eigenvalue weighted by Crippen LogP contribution is 2.24. The molecule has 0 aliphatic carbocycles. The molecule has 1 aromatic heterocycles. The van der Waals surface area contributed by atoms with Crippen LogP contribution in [-0.4, -0.2) is 18.4 Å². The standard InChI is InChI=1S/C20H20N4O2/c1-2-8-18(9-3-1)25-15-23-24-16-26-20-11-5-4-10-19(20)22-14-17-7-6-12-21-13-17/h1-13,22H,14-16H2/b24-23+. The maximum Gasteiger partial charge on any atom is 0.198 e. The Bertz CT molecular complexity index is 810. The lowest BCUT2D eigenvalue weighted by molar-refractivity contribution is 0.292. The minimum atomic E-state index is 0.129. The number of pyridine rings is 1. The van der Waals surface area contributed by atoms with Crippen molar-refractivity contribution in [2.75, 3.05) is 18.8 Å². The van der Waals surface area contributed by atoms with Gasteiger partial charge in [0.15, 0.2) is 13.5 Å². The largest absolute Gasteiger partial charge is 0.470 e. The zero-order chi connectivity index (χ0) is 17.9. The fraction of sp³-hybridized carbons (Fsp3) is 0.150. The normalized spacial score (nSPS) is 10.6. The van der Waals surface area contributed by atoms with Gasteiger partial charge in [-0.3, -0.25) is 4.98 Å². The van der Waals surface area contributed by atoms with Crippen LogP contribution in [0.4, 0.5) is 5.69 Å². The predicted molar refractivity (Wildman–Crippen MR) is 100 cm³/mol. The molecule has 0 saturated heterocycles. The SMILES string of the molecule is c1ccc(OC/N=N/COc2ccccc2NCc2cccnc2)cc1. The highest BCUT2D eigenvalue weighted by atomic mass is 16.5. The number of hydrogen-bond donors (Lipinski definition) is 1. The van der Waals surface area contributed by atoms with Gasteiger partial charge >= 0.3 is 0 Å². The average Bonchev–Trinajstić information content (AvgIpc) is 2.71. The molecule has 0 aliphatic heterocycles. The number of benzene rings is 2. The molecule has 0 fully saturated rings. The third kappa shape index (κ3) is 5.59. The van der Waals surface area contributed by atoms with Crippen LogP contribution < -0.4 is 14.8 Å². The number of rotatable bonds is 9. The van der Waals surface area contributed by atoms with Crippen LogP contribution in [-0.2, 0) is 6.54 Å². The summed E-state index contributed by atoms with van der Waals surface area (Å²) in [7, 11) is 0. The van der Waals surface area contributed by atoms with Crippen LogP contribution in [0.15, 0.2) is 89.4 Å². The first-order valence-electron chi connectivity index (χ1n) is 8.27. The van der Waals surface area contributed by atoms with Crippen LogP contribution in [0, 0.1) is 0 Å². The molecule has 0 amide bonds. The third-order valence-corrected chi connectivity index (χ3v) is 3.50. The number of aromatic nitrogens is 1. The molecule has 2 aromatic carbocycles. The van der Waals surface area contributed by atoms with E-state index in [1.165, 1.54) is 0 Å². The van der Waals surface area contributed by atoms with Crippen molar-refractivity contribution >= 4 is 5.69 Å². The van der Waals surface area contributed by atoms with Crippen LogP contribution >= 0.6 is 0 Å². The van der Waals surface area contributed by atoms with E-state index in [4.69, 9.17) is 9.47 Å². The molecule has 132 valence electrons. The van der Waals surface area contributed by atoms with Crippen molar-refractivity contribution in [1.29, 1.82) is 0 Å². The third-order valence-electron chi connectivity index (χ3n) is 3.50. The second-order valence-electron chi connectivity index (χ2n) is 5.35. The Hall–Kier alpha value is -3.41. The maximum atomic E-state index is 5.68. The van der Waals surface area contributed by atoms with E-state index >= 15 is 0 Å². The lowest BCUT2D eigenvalue weighted by Crippen LogP contribution is -2.03. The molecule has 6 heteroatoms. The number of hydrogen-bond acceptors (Lipinski definition) is 6. The number of para-hydroxylation sites is 3. The van der Waals surface area contributed by atoms with E-state index in [0.29, 0.717) is 6.54 Å². The van der Waals surface area contributed by atoms with Gasteiger partial charge in [-0.15, -0.1) is 10.2 Å². The molecule has 0 unspecified atom stereocenters. The molecule has 26 heavy (non-hydrogen) atoms. The summed E-state index contributed by atoms with van der Waals surface area (Å²) in [4.78, 5) is 4.11. The molecular weight excluding hydrogens is 328 g/mol. The van der Waals surface area contributed by atoms with E-state index in [2.05, 4.69) is 20.5 Å². The number of nitrogens with one attached hydrogen (secondary N) is 1. The van der Waals surface area contributed by atoms with Gasteiger partial charge in [0, 0.05) is 18.9 Å². The first-order valence-corrected chi connectivity index (χ1v) is 8.27. The van der Waals surface area contributed by atoms with Crippen molar-refractivity contribution in [3.8, 4) is 11.5 Å². The fourth-order valence-electron chi connectivity index (χ4n) is 2.24. The number of nitrogens with zero attached hydrogens (tertiary/aromatic N) is 3. The van der Waals surface area contributed by atoms with Crippen LogP contribution in [0.2, 0.25) is 0 Å². The van der Waals surface area contributed by atoms with Crippen LogP contribution in [0.3, 0.4) is 0 Å². The maximum absolute atomic E-state index is 5.68. The van der Waals surface area contributed by atoms with Gasteiger partial charge in [-0.25, -0.2) is 0 Å². The van der Waals surface area contributed by atoms with Crippen molar-refractivity contribution in [3.05, 3.63) is 84.7 Å². The zero-order valence-electron chi connectivity index (χ0n) is 14.3. The molecule has 0 radical (unpaired) electrons. The Morgan fingerprint density at radius 1 is 0.808 bits per heavy atom. The number of anilines is 1. The first kappa shape index (κ1) is 17.4. The van der Waals surface area contributed by atoms with E-state index in [1.54, 1.807) is 6.20 Å². The van der Waals surface area contributed by atoms with Crippen LogP contribution in [0.1, 0.15) is 5.56 Å². The Balaban J connectivity index is 1.45. The van der Waals surface area contributed by atoms with E-state index in [1.807, 2.05) is 72.9 Å². The van der Waals surface area contributed by atoms with E-state index in [-0.39, 0.29) is 13.5 Å². The van der Waals surface area contributed by atoms with Crippen molar-refractivity contribution in [1.82, 2.24) is 4.98 Å². The number of ether oxygens (including phenoxy) is 2. The average molecular weight is 348 g/mol. The summed E-state index contributed by atoms with van der Waals surface area (Å²) in [6.07, 6.45) is 3.59. The smallest absolute Gasteiger partial charge is 0.198 e. The zero-order valence-corrected chi connectivity index (χ0v) is 14.3. The fourth-order valence-corrected chi connectivity index (χ4v) is 2.24. The second kappa shape index (κ2) is 9.78. The van der Waals surface area contributed by atoms with E-state index in [0.717, 1.165) is 22.7 Å². The Kier molecular flexibility index (Phi) is 6.55.